The summed E-state index contributed by atoms with van der Waals surface area (Å²) in [5.41, 5.74) is 1.39. The van der Waals surface area contributed by atoms with E-state index >= 15 is 0 Å². The molecular weight excluding hydrogens is 228 g/mol. The zero-order valence-electron chi connectivity index (χ0n) is 10.1. The van der Waals surface area contributed by atoms with Crippen molar-refractivity contribution in [3.63, 3.8) is 0 Å². The number of hydrogen-bond donors (Lipinski definition) is 2. The number of hydrogen-bond acceptors (Lipinski definition) is 3. The third-order valence-corrected chi connectivity index (χ3v) is 2.33. The number of amides is 1. The number of benzene rings is 1. The Morgan fingerprint density at radius 1 is 1.44 bits per heavy atom. The van der Waals surface area contributed by atoms with Crippen LogP contribution in [0.2, 0.25) is 0 Å². The molecule has 2 N–H and O–H groups in total. The Kier molecular flexibility index (Phi) is 6.23. The number of rotatable bonds is 6. The second kappa shape index (κ2) is 8.04. The van der Waals surface area contributed by atoms with Crippen molar-refractivity contribution in [3.8, 4) is 6.07 Å². The molecule has 0 radical (unpaired) electrons. The lowest BCUT2D eigenvalue weighted by atomic mass is 10.1. The lowest BCUT2D eigenvalue weighted by Gasteiger charge is -2.00. The first-order valence-corrected chi connectivity index (χ1v) is 5.83. The van der Waals surface area contributed by atoms with E-state index in [1.54, 1.807) is 24.3 Å². The van der Waals surface area contributed by atoms with E-state index in [4.69, 9.17) is 10.4 Å². The van der Waals surface area contributed by atoms with Crippen molar-refractivity contribution < 1.29 is 9.90 Å². The zero-order valence-corrected chi connectivity index (χ0v) is 10.1. The van der Waals surface area contributed by atoms with Gasteiger partial charge in [-0.05, 0) is 36.6 Å². The molecule has 0 bridgehead atoms. The van der Waals surface area contributed by atoms with Crippen LogP contribution in [0.25, 0.3) is 6.08 Å². The van der Waals surface area contributed by atoms with E-state index in [-0.39, 0.29) is 12.5 Å². The number of nitrogens with zero attached hydrogens (tertiary/aromatic N) is 1. The maximum Gasteiger partial charge on any atom is 0.243 e. The number of aliphatic hydroxyl groups is 1. The minimum Gasteiger partial charge on any atom is -0.396 e. The minimum atomic E-state index is -0.171. The molecule has 0 fully saturated rings. The van der Waals surface area contributed by atoms with E-state index < -0.39 is 0 Å². The summed E-state index contributed by atoms with van der Waals surface area (Å²) in [4.78, 5) is 11.4. The van der Waals surface area contributed by atoms with Crippen LogP contribution in [0, 0.1) is 11.3 Å². The topological polar surface area (TPSA) is 73.1 Å². The molecule has 0 aliphatic heterocycles. The van der Waals surface area contributed by atoms with Crippen molar-refractivity contribution in [1.29, 1.82) is 5.26 Å². The highest BCUT2D eigenvalue weighted by atomic mass is 16.2. The van der Waals surface area contributed by atoms with Gasteiger partial charge in [-0.1, -0.05) is 12.1 Å². The Balaban J connectivity index is 2.43. The molecule has 0 spiro atoms. The van der Waals surface area contributed by atoms with E-state index in [1.807, 2.05) is 12.1 Å². The third-order valence-electron chi connectivity index (χ3n) is 2.33. The molecule has 0 atom stereocenters. The zero-order chi connectivity index (χ0) is 13.2. The van der Waals surface area contributed by atoms with Crippen molar-refractivity contribution >= 4 is 12.0 Å². The molecule has 1 aromatic rings. The average Bonchev–Trinajstić information content (AvgIpc) is 2.41. The molecule has 0 unspecified atom stereocenters. The number of unbranched alkanes of at least 4 members (excludes halogenated alkanes) is 1. The highest BCUT2D eigenvalue weighted by Gasteiger charge is 1.95. The molecular formula is C14H16N2O2. The van der Waals surface area contributed by atoms with Crippen molar-refractivity contribution in [1.82, 2.24) is 5.32 Å². The lowest BCUT2D eigenvalue weighted by molar-refractivity contribution is -0.116. The van der Waals surface area contributed by atoms with Gasteiger partial charge in [0.1, 0.15) is 0 Å². The van der Waals surface area contributed by atoms with Gasteiger partial charge in [-0.3, -0.25) is 4.79 Å². The fourth-order valence-corrected chi connectivity index (χ4v) is 1.39. The largest absolute Gasteiger partial charge is 0.396 e. The van der Waals surface area contributed by atoms with Gasteiger partial charge in [0, 0.05) is 19.2 Å². The van der Waals surface area contributed by atoms with Crippen LogP contribution in [0.4, 0.5) is 0 Å². The Labute approximate surface area is 107 Å². The first kappa shape index (κ1) is 13.9. The van der Waals surface area contributed by atoms with E-state index in [0.29, 0.717) is 18.5 Å². The van der Waals surface area contributed by atoms with Crippen LogP contribution in [0.5, 0.6) is 0 Å². The molecule has 4 nitrogen and oxygen atoms in total. The Bertz CT molecular complexity index is 461. The van der Waals surface area contributed by atoms with Crippen LogP contribution in [-0.4, -0.2) is 24.2 Å². The first-order chi connectivity index (χ1) is 8.76. The molecule has 1 aromatic carbocycles. The summed E-state index contributed by atoms with van der Waals surface area (Å²) < 4.78 is 0. The van der Waals surface area contributed by atoms with Crippen LogP contribution in [0.15, 0.2) is 30.3 Å². The summed E-state index contributed by atoms with van der Waals surface area (Å²) in [5.74, 6) is -0.171. The number of carbonyl (C=O) groups is 1. The monoisotopic (exact) mass is 244 g/mol. The van der Waals surface area contributed by atoms with E-state index in [9.17, 15) is 4.79 Å². The van der Waals surface area contributed by atoms with Crippen molar-refractivity contribution in [3.05, 3.63) is 41.5 Å². The Morgan fingerprint density at radius 2 is 2.28 bits per heavy atom. The Hall–Kier alpha value is -2.12. The molecule has 94 valence electrons. The van der Waals surface area contributed by atoms with Gasteiger partial charge < -0.3 is 10.4 Å². The average molecular weight is 244 g/mol. The van der Waals surface area contributed by atoms with Gasteiger partial charge in [-0.15, -0.1) is 0 Å². The lowest BCUT2D eigenvalue weighted by Crippen LogP contribution is -2.22. The third kappa shape index (κ3) is 5.28. The molecule has 1 rings (SSSR count). The van der Waals surface area contributed by atoms with Gasteiger partial charge in [0.15, 0.2) is 0 Å². The molecule has 1 amide bonds. The standard InChI is InChI=1S/C14H16N2O2/c15-11-13-5-3-4-12(10-13)6-7-14(18)16-8-1-2-9-17/h3-7,10,17H,1-2,8-9H2,(H,16,18)/b7-6+. The summed E-state index contributed by atoms with van der Waals surface area (Å²) in [6.45, 7) is 0.703. The van der Waals surface area contributed by atoms with Gasteiger partial charge in [0.2, 0.25) is 5.91 Å². The molecule has 0 saturated carbocycles. The van der Waals surface area contributed by atoms with Gasteiger partial charge in [-0.25, -0.2) is 0 Å². The van der Waals surface area contributed by atoms with Crippen LogP contribution in [0.1, 0.15) is 24.0 Å². The fraction of sp³-hybridized carbons (Fsp3) is 0.286. The van der Waals surface area contributed by atoms with Gasteiger partial charge in [-0.2, -0.15) is 5.26 Å². The van der Waals surface area contributed by atoms with Crippen LogP contribution < -0.4 is 5.32 Å². The van der Waals surface area contributed by atoms with Crippen molar-refractivity contribution in [2.45, 2.75) is 12.8 Å². The predicted molar refractivity (Wildman–Crippen MR) is 69.5 cm³/mol. The number of carbonyl (C=O) groups excluding carboxylic acids is 1. The maximum atomic E-state index is 11.4. The van der Waals surface area contributed by atoms with Crippen molar-refractivity contribution in [2.24, 2.45) is 0 Å². The number of nitriles is 1. The SMILES string of the molecule is N#Cc1cccc(/C=C/C(=O)NCCCCO)c1. The molecule has 0 saturated heterocycles. The molecule has 0 heterocycles. The quantitative estimate of drug-likeness (QED) is 0.587. The van der Waals surface area contributed by atoms with Gasteiger partial charge in [0.25, 0.3) is 0 Å². The molecule has 4 heteroatoms. The van der Waals surface area contributed by atoms with Crippen LogP contribution in [-0.2, 0) is 4.79 Å². The normalized spacial score (nSPS) is 10.2. The van der Waals surface area contributed by atoms with Crippen LogP contribution >= 0.6 is 0 Å². The predicted octanol–water partition coefficient (Wildman–Crippen LogP) is 1.46. The summed E-state index contributed by atoms with van der Waals surface area (Å²) in [5, 5.41) is 20.0. The molecule has 18 heavy (non-hydrogen) atoms. The van der Waals surface area contributed by atoms with Gasteiger partial charge >= 0.3 is 0 Å². The number of nitrogens with one attached hydrogen (secondary N) is 1. The van der Waals surface area contributed by atoms with Gasteiger partial charge in [0.05, 0.1) is 11.6 Å². The van der Waals surface area contributed by atoms with E-state index in [1.165, 1.54) is 6.08 Å². The highest BCUT2D eigenvalue weighted by molar-refractivity contribution is 5.91. The molecule has 0 aliphatic carbocycles. The Morgan fingerprint density at radius 3 is 3.00 bits per heavy atom. The molecule has 0 aliphatic rings. The summed E-state index contributed by atoms with van der Waals surface area (Å²) in [7, 11) is 0. The second-order valence-corrected chi connectivity index (χ2v) is 3.79. The summed E-state index contributed by atoms with van der Waals surface area (Å²) >= 11 is 0. The molecule has 0 aromatic heterocycles. The van der Waals surface area contributed by atoms with Crippen molar-refractivity contribution in [2.75, 3.05) is 13.2 Å². The van der Waals surface area contributed by atoms with E-state index in [0.717, 1.165) is 12.0 Å². The van der Waals surface area contributed by atoms with E-state index in [2.05, 4.69) is 5.32 Å². The van der Waals surface area contributed by atoms with Crippen LogP contribution in [0.3, 0.4) is 0 Å². The minimum absolute atomic E-state index is 0.145. The smallest absolute Gasteiger partial charge is 0.243 e. The maximum absolute atomic E-state index is 11.4. The first-order valence-electron chi connectivity index (χ1n) is 5.83. The summed E-state index contributed by atoms with van der Waals surface area (Å²) in [6.07, 6.45) is 4.56. The summed E-state index contributed by atoms with van der Waals surface area (Å²) in [6, 6.07) is 9.08. The highest BCUT2D eigenvalue weighted by Crippen LogP contribution is 2.05. The number of aliphatic hydroxyl groups excluding tert-OH is 1. The second-order valence-electron chi connectivity index (χ2n) is 3.79. The fourth-order valence-electron chi connectivity index (χ4n) is 1.39.